The van der Waals surface area contributed by atoms with E-state index in [-0.39, 0.29) is 36.2 Å². The number of amides is 1. The van der Waals surface area contributed by atoms with Gasteiger partial charge >= 0.3 is 12.0 Å². The van der Waals surface area contributed by atoms with E-state index in [0.717, 1.165) is 28.6 Å². The van der Waals surface area contributed by atoms with Crippen LogP contribution in [-0.2, 0) is 16.1 Å². The SMILES string of the molecule is CN(C)c1ccc(-c2ccc(CN(C(=O)C3CCC(O)CC3)c3ncc(/C=C/C(=O)O)o3)cn2)cc1. The van der Waals surface area contributed by atoms with E-state index < -0.39 is 5.97 Å². The topological polar surface area (TPSA) is 120 Å². The van der Waals surface area contributed by atoms with Gasteiger partial charge in [0.1, 0.15) is 5.76 Å². The van der Waals surface area contributed by atoms with Crippen molar-refractivity contribution < 1.29 is 24.2 Å². The van der Waals surface area contributed by atoms with Crippen LogP contribution in [0.2, 0.25) is 0 Å². The van der Waals surface area contributed by atoms with Gasteiger partial charge < -0.3 is 19.5 Å². The van der Waals surface area contributed by atoms with Crippen molar-refractivity contribution in [2.45, 2.75) is 38.3 Å². The standard InChI is InChI=1S/C27H30N4O5/c1-30(2)21-8-4-19(5-9-21)24-13-3-18(15-28-24)17-31(26(35)20-6-10-22(32)11-7-20)27-29-16-23(36-27)12-14-25(33)34/h3-5,8-9,12-16,20,22,32H,6-7,10-11,17H2,1-2H3,(H,33,34)/b14-12+. The minimum Gasteiger partial charge on any atom is -0.478 e. The molecule has 1 aliphatic rings. The number of pyridine rings is 1. The Morgan fingerprint density at radius 3 is 2.36 bits per heavy atom. The molecule has 1 fully saturated rings. The lowest BCUT2D eigenvalue weighted by Gasteiger charge is -2.28. The molecule has 3 aromatic rings. The highest BCUT2D eigenvalue weighted by Gasteiger charge is 2.31. The van der Waals surface area contributed by atoms with Gasteiger partial charge in [-0.15, -0.1) is 0 Å². The number of benzene rings is 1. The summed E-state index contributed by atoms with van der Waals surface area (Å²) in [4.78, 5) is 36.6. The Kier molecular flexibility index (Phi) is 7.80. The summed E-state index contributed by atoms with van der Waals surface area (Å²) in [6, 6.07) is 12.0. The monoisotopic (exact) mass is 490 g/mol. The van der Waals surface area contributed by atoms with Crippen LogP contribution in [0.25, 0.3) is 17.3 Å². The zero-order valence-electron chi connectivity index (χ0n) is 20.4. The highest BCUT2D eigenvalue weighted by Crippen LogP contribution is 2.29. The van der Waals surface area contributed by atoms with Crippen molar-refractivity contribution in [3.8, 4) is 11.3 Å². The number of hydrogen-bond donors (Lipinski definition) is 2. The molecule has 0 bridgehead atoms. The second-order valence-electron chi connectivity index (χ2n) is 9.14. The number of aliphatic carboxylic acids is 1. The normalized spacial score (nSPS) is 17.8. The predicted molar refractivity (Wildman–Crippen MR) is 136 cm³/mol. The summed E-state index contributed by atoms with van der Waals surface area (Å²) < 4.78 is 5.70. The van der Waals surface area contributed by atoms with Crippen molar-refractivity contribution >= 4 is 29.7 Å². The third-order valence-electron chi connectivity index (χ3n) is 6.29. The van der Waals surface area contributed by atoms with E-state index in [9.17, 15) is 14.7 Å². The maximum absolute atomic E-state index is 13.5. The molecule has 2 heterocycles. The van der Waals surface area contributed by atoms with Crippen LogP contribution in [0.15, 0.2) is 59.3 Å². The molecule has 1 aliphatic carbocycles. The second-order valence-corrected chi connectivity index (χ2v) is 9.14. The molecule has 36 heavy (non-hydrogen) atoms. The van der Waals surface area contributed by atoms with Crippen molar-refractivity contribution in [2.75, 3.05) is 23.9 Å². The molecule has 2 N–H and O–H groups in total. The number of oxazole rings is 1. The van der Waals surface area contributed by atoms with Gasteiger partial charge in [0.15, 0.2) is 0 Å². The maximum Gasteiger partial charge on any atom is 0.328 e. The number of anilines is 2. The fourth-order valence-electron chi connectivity index (χ4n) is 4.22. The first-order valence-electron chi connectivity index (χ1n) is 11.9. The third-order valence-corrected chi connectivity index (χ3v) is 6.29. The fourth-order valence-corrected chi connectivity index (χ4v) is 4.22. The fraction of sp³-hybridized carbons (Fsp3) is 0.333. The van der Waals surface area contributed by atoms with Gasteiger partial charge in [0.25, 0.3) is 0 Å². The van der Waals surface area contributed by atoms with E-state index in [0.29, 0.717) is 25.7 Å². The lowest BCUT2D eigenvalue weighted by molar-refractivity contribution is -0.131. The van der Waals surface area contributed by atoms with Crippen LogP contribution >= 0.6 is 0 Å². The van der Waals surface area contributed by atoms with Gasteiger partial charge in [0.05, 0.1) is 24.5 Å². The van der Waals surface area contributed by atoms with Crippen LogP contribution in [0, 0.1) is 5.92 Å². The van der Waals surface area contributed by atoms with Crippen LogP contribution in [0.3, 0.4) is 0 Å². The van der Waals surface area contributed by atoms with Crippen molar-refractivity contribution in [1.29, 1.82) is 0 Å². The molecule has 1 aromatic carbocycles. The maximum atomic E-state index is 13.5. The molecular weight excluding hydrogens is 460 g/mol. The van der Waals surface area contributed by atoms with Gasteiger partial charge in [-0.1, -0.05) is 18.2 Å². The smallest absolute Gasteiger partial charge is 0.328 e. The largest absolute Gasteiger partial charge is 0.478 e. The third kappa shape index (κ3) is 6.17. The van der Waals surface area contributed by atoms with Crippen molar-refractivity contribution in [3.63, 3.8) is 0 Å². The molecule has 188 valence electrons. The molecular formula is C27H30N4O5. The van der Waals surface area contributed by atoms with E-state index in [1.165, 1.54) is 17.2 Å². The Balaban J connectivity index is 1.55. The number of carbonyl (C=O) groups is 2. The predicted octanol–water partition coefficient (Wildman–Crippen LogP) is 3.98. The van der Waals surface area contributed by atoms with E-state index in [2.05, 4.69) is 9.97 Å². The number of hydrogen-bond acceptors (Lipinski definition) is 7. The molecule has 4 rings (SSSR count). The number of carboxylic acids is 1. The average Bonchev–Trinajstić information content (AvgIpc) is 3.35. The number of carbonyl (C=O) groups excluding carboxylic acids is 1. The molecule has 0 saturated heterocycles. The highest BCUT2D eigenvalue weighted by molar-refractivity contribution is 5.93. The minimum absolute atomic E-state index is 0.0968. The van der Waals surface area contributed by atoms with E-state index in [4.69, 9.17) is 9.52 Å². The molecule has 2 aromatic heterocycles. The van der Waals surface area contributed by atoms with Gasteiger partial charge in [-0.05, 0) is 55.5 Å². The summed E-state index contributed by atoms with van der Waals surface area (Å²) in [7, 11) is 3.98. The molecule has 0 atom stereocenters. The molecule has 0 radical (unpaired) electrons. The molecule has 1 saturated carbocycles. The summed E-state index contributed by atoms with van der Waals surface area (Å²) in [6.07, 6.45) is 7.30. The zero-order valence-corrected chi connectivity index (χ0v) is 20.4. The van der Waals surface area contributed by atoms with Crippen LogP contribution in [0.4, 0.5) is 11.7 Å². The average molecular weight is 491 g/mol. The number of aliphatic hydroxyl groups is 1. The Labute approximate surface area is 209 Å². The Morgan fingerprint density at radius 2 is 1.75 bits per heavy atom. The summed E-state index contributed by atoms with van der Waals surface area (Å²) in [5.74, 6) is -1.26. The Morgan fingerprint density at radius 1 is 1.03 bits per heavy atom. The Hall–Kier alpha value is -3.98. The minimum atomic E-state index is -1.11. The first-order chi connectivity index (χ1) is 17.3. The number of rotatable bonds is 8. The first kappa shape index (κ1) is 25.1. The molecule has 9 nitrogen and oxygen atoms in total. The summed E-state index contributed by atoms with van der Waals surface area (Å²) >= 11 is 0. The van der Waals surface area contributed by atoms with E-state index >= 15 is 0 Å². The van der Waals surface area contributed by atoms with Crippen molar-refractivity contribution in [1.82, 2.24) is 9.97 Å². The van der Waals surface area contributed by atoms with E-state index in [1.807, 2.05) is 55.4 Å². The van der Waals surface area contributed by atoms with Gasteiger partial charge in [-0.3, -0.25) is 14.7 Å². The lowest BCUT2D eigenvalue weighted by atomic mass is 9.86. The number of nitrogens with zero attached hydrogens (tertiary/aromatic N) is 4. The highest BCUT2D eigenvalue weighted by atomic mass is 16.4. The summed E-state index contributed by atoms with van der Waals surface area (Å²) in [5.41, 5.74) is 3.71. The zero-order chi connectivity index (χ0) is 25.7. The molecule has 0 aliphatic heterocycles. The van der Waals surface area contributed by atoms with Crippen LogP contribution < -0.4 is 9.80 Å². The van der Waals surface area contributed by atoms with Gasteiger partial charge in [0, 0.05) is 43.5 Å². The quantitative estimate of drug-likeness (QED) is 0.455. The molecule has 0 unspecified atom stereocenters. The summed E-state index contributed by atoms with van der Waals surface area (Å²) in [6.45, 7) is 0.202. The Bertz CT molecular complexity index is 1210. The van der Waals surface area contributed by atoms with Crippen molar-refractivity contribution in [3.05, 3.63) is 66.2 Å². The second kappa shape index (κ2) is 11.2. The molecule has 0 spiro atoms. The molecule has 1 amide bonds. The van der Waals surface area contributed by atoms with E-state index in [1.54, 1.807) is 6.20 Å². The van der Waals surface area contributed by atoms with Gasteiger partial charge in [-0.25, -0.2) is 9.78 Å². The van der Waals surface area contributed by atoms with Gasteiger partial charge in [0.2, 0.25) is 5.91 Å². The lowest BCUT2D eigenvalue weighted by Crippen LogP contribution is -2.38. The van der Waals surface area contributed by atoms with Crippen LogP contribution in [-0.4, -0.2) is 52.3 Å². The van der Waals surface area contributed by atoms with Crippen LogP contribution in [0.1, 0.15) is 37.0 Å². The van der Waals surface area contributed by atoms with Gasteiger partial charge in [-0.2, -0.15) is 0 Å². The summed E-state index contributed by atoms with van der Waals surface area (Å²) in [5, 5.41) is 18.7. The first-order valence-corrected chi connectivity index (χ1v) is 11.9. The number of aromatic nitrogens is 2. The number of carboxylic acid groups (broad SMARTS) is 1. The van der Waals surface area contributed by atoms with Crippen molar-refractivity contribution in [2.24, 2.45) is 5.92 Å². The molecule has 9 heteroatoms. The van der Waals surface area contributed by atoms with Crippen LogP contribution in [0.5, 0.6) is 0 Å². The number of aliphatic hydroxyl groups excluding tert-OH is 1.